The average molecular weight is 523 g/mol. The molecule has 0 radical (unpaired) electrons. The Morgan fingerprint density at radius 2 is 1.92 bits per heavy atom. The fraction of sp³-hybridized carbons (Fsp3) is 0.548. The lowest BCUT2D eigenvalue weighted by atomic mass is 9.76. The van der Waals surface area contributed by atoms with Gasteiger partial charge in [0.1, 0.15) is 11.6 Å². The van der Waals surface area contributed by atoms with E-state index in [9.17, 15) is 19.1 Å². The molecular formula is C31H39FN2O4. The van der Waals surface area contributed by atoms with Crippen LogP contribution in [-0.2, 0) is 16.0 Å². The fourth-order valence-electron chi connectivity index (χ4n) is 6.40. The molecule has 2 aromatic rings. The number of carboxylic acids is 1. The van der Waals surface area contributed by atoms with E-state index >= 15 is 0 Å². The minimum absolute atomic E-state index is 0.0664. The Bertz CT molecular complexity index is 1200. The zero-order valence-corrected chi connectivity index (χ0v) is 22.6. The molecule has 3 aliphatic rings. The minimum atomic E-state index is -0.905. The predicted octanol–water partition coefficient (Wildman–Crippen LogP) is 5.39. The van der Waals surface area contributed by atoms with Crippen molar-refractivity contribution in [1.29, 1.82) is 0 Å². The SMILES string of the molecule is CN1CC(C)(C)C[C@H]1C(=O)NC1CC(COc2ccc(CC(=O)O)cc2-c2cccc(F)c2C2CCC2)C1. The summed E-state index contributed by atoms with van der Waals surface area (Å²) in [6.07, 6.45) is 5.52. The second-order valence-corrected chi connectivity index (χ2v) is 12.4. The number of likely N-dealkylation sites (N-methyl/N-ethyl adjacent to an activating group) is 1. The molecule has 1 aliphatic heterocycles. The summed E-state index contributed by atoms with van der Waals surface area (Å²) in [5.41, 5.74) is 3.07. The molecule has 5 rings (SSSR count). The van der Waals surface area contributed by atoms with Crippen LogP contribution in [-0.4, -0.2) is 54.2 Å². The Morgan fingerprint density at radius 1 is 1.16 bits per heavy atom. The van der Waals surface area contributed by atoms with Gasteiger partial charge in [0.15, 0.2) is 0 Å². The molecule has 2 aliphatic carbocycles. The van der Waals surface area contributed by atoms with Gasteiger partial charge >= 0.3 is 5.97 Å². The molecule has 1 heterocycles. The van der Waals surface area contributed by atoms with E-state index in [1.807, 2.05) is 25.2 Å². The van der Waals surface area contributed by atoms with Gasteiger partial charge in [0.25, 0.3) is 0 Å². The van der Waals surface area contributed by atoms with Gasteiger partial charge in [-0.05, 0) is 91.3 Å². The second-order valence-electron chi connectivity index (χ2n) is 12.4. The summed E-state index contributed by atoms with van der Waals surface area (Å²) in [5, 5.41) is 12.5. The fourth-order valence-corrected chi connectivity index (χ4v) is 6.40. The number of aliphatic carboxylic acids is 1. The zero-order valence-electron chi connectivity index (χ0n) is 22.6. The molecule has 204 valence electrons. The Hall–Kier alpha value is -2.93. The highest BCUT2D eigenvalue weighted by Crippen LogP contribution is 2.45. The van der Waals surface area contributed by atoms with E-state index in [2.05, 4.69) is 24.1 Å². The van der Waals surface area contributed by atoms with Crippen molar-refractivity contribution in [3.8, 4) is 16.9 Å². The van der Waals surface area contributed by atoms with Gasteiger partial charge in [-0.2, -0.15) is 0 Å². The summed E-state index contributed by atoms with van der Waals surface area (Å²) in [6.45, 7) is 5.83. The normalized spacial score (nSPS) is 24.9. The molecule has 0 spiro atoms. The molecule has 0 aromatic heterocycles. The van der Waals surface area contributed by atoms with Crippen molar-refractivity contribution in [1.82, 2.24) is 10.2 Å². The highest BCUT2D eigenvalue weighted by molar-refractivity contribution is 5.82. The first-order valence-electron chi connectivity index (χ1n) is 13.9. The maximum Gasteiger partial charge on any atom is 0.307 e. The summed E-state index contributed by atoms with van der Waals surface area (Å²) >= 11 is 0. The molecule has 3 fully saturated rings. The third-order valence-electron chi connectivity index (χ3n) is 8.57. The number of hydrogen-bond acceptors (Lipinski definition) is 4. The van der Waals surface area contributed by atoms with Crippen molar-refractivity contribution >= 4 is 11.9 Å². The minimum Gasteiger partial charge on any atom is -0.493 e. The van der Waals surface area contributed by atoms with Crippen LogP contribution in [0.4, 0.5) is 4.39 Å². The smallest absolute Gasteiger partial charge is 0.307 e. The van der Waals surface area contributed by atoms with E-state index < -0.39 is 5.97 Å². The zero-order chi connectivity index (χ0) is 27.0. The molecule has 2 saturated carbocycles. The van der Waals surface area contributed by atoms with Crippen LogP contribution in [0.15, 0.2) is 36.4 Å². The Labute approximate surface area is 224 Å². The van der Waals surface area contributed by atoms with E-state index in [1.165, 1.54) is 6.07 Å². The Balaban J connectivity index is 1.25. The summed E-state index contributed by atoms with van der Waals surface area (Å²) in [5.74, 6) is 0.153. The second kappa shape index (κ2) is 10.7. The average Bonchev–Trinajstić information content (AvgIpc) is 3.07. The quantitative estimate of drug-likeness (QED) is 0.462. The van der Waals surface area contributed by atoms with Gasteiger partial charge in [0, 0.05) is 18.2 Å². The number of benzene rings is 2. The van der Waals surface area contributed by atoms with Crippen LogP contribution in [0.3, 0.4) is 0 Å². The summed E-state index contributed by atoms with van der Waals surface area (Å²) < 4.78 is 21.3. The molecule has 1 amide bonds. The number of hydrogen-bond donors (Lipinski definition) is 2. The molecule has 1 saturated heterocycles. The van der Waals surface area contributed by atoms with Crippen LogP contribution >= 0.6 is 0 Å². The van der Waals surface area contributed by atoms with Crippen LogP contribution < -0.4 is 10.1 Å². The lowest BCUT2D eigenvalue weighted by Gasteiger charge is -2.37. The van der Waals surface area contributed by atoms with Crippen molar-refractivity contribution < 1.29 is 23.8 Å². The highest BCUT2D eigenvalue weighted by Gasteiger charge is 2.41. The molecule has 2 aromatic carbocycles. The van der Waals surface area contributed by atoms with Crippen LogP contribution in [0.2, 0.25) is 0 Å². The van der Waals surface area contributed by atoms with Crippen molar-refractivity contribution in [3.63, 3.8) is 0 Å². The highest BCUT2D eigenvalue weighted by atomic mass is 19.1. The number of carbonyl (C=O) groups excluding carboxylic acids is 1. The van der Waals surface area contributed by atoms with Crippen LogP contribution in [0, 0.1) is 17.2 Å². The number of halogens is 1. The summed E-state index contributed by atoms with van der Waals surface area (Å²) in [7, 11) is 2.02. The molecule has 38 heavy (non-hydrogen) atoms. The van der Waals surface area contributed by atoms with Crippen molar-refractivity contribution in [2.75, 3.05) is 20.2 Å². The molecule has 6 nitrogen and oxygen atoms in total. The van der Waals surface area contributed by atoms with Gasteiger partial charge < -0.3 is 15.2 Å². The van der Waals surface area contributed by atoms with E-state index in [4.69, 9.17) is 4.74 Å². The first-order valence-corrected chi connectivity index (χ1v) is 13.9. The summed E-state index contributed by atoms with van der Waals surface area (Å²) in [6, 6.07) is 10.7. The number of amides is 1. The monoisotopic (exact) mass is 522 g/mol. The molecule has 0 unspecified atom stereocenters. The number of ether oxygens (including phenoxy) is 1. The number of nitrogens with zero attached hydrogens (tertiary/aromatic N) is 1. The third kappa shape index (κ3) is 5.73. The van der Waals surface area contributed by atoms with Crippen LogP contribution in [0.5, 0.6) is 5.75 Å². The topological polar surface area (TPSA) is 78.9 Å². The summed E-state index contributed by atoms with van der Waals surface area (Å²) in [4.78, 5) is 26.3. The standard InChI is InChI=1S/C31H39FN2O4/c1-31(2)16-26(34(3)18-31)30(37)33-22-12-20(13-22)17-38-27-11-10-19(15-28(35)36)14-24(27)23-8-5-9-25(32)29(23)21-6-4-7-21/h5,8-11,14,20-22,26H,4,6-7,12-13,15-18H2,1-3H3,(H,33,37)(H,35,36)/t20?,22?,26-/m0/s1. The van der Waals surface area contributed by atoms with E-state index in [-0.39, 0.29) is 41.6 Å². The number of likely N-dealkylation sites (tertiary alicyclic amines) is 1. The van der Waals surface area contributed by atoms with Gasteiger partial charge in [-0.1, -0.05) is 38.5 Å². The largest absolute Gasteiger partial charge is 0.493 e. The maximum absolute atomic E-state index is 15.0. The molecule has 7 heteroatoms. The van der Waals surface area contributed by atoms with Gasteiger partial charge in [-0.15, -0.1) is 0 Å². The number of carbonyl (C=O) groups is 2. The lowest BCUT2D eigenvalue weighted by Crippen LogP contribution is -2.51. The number of nitrogens with one attached hydrogen (secondary N) is 1. The number of carboxylic acid groups (broad SMARTS) is 1. The number of rotatable bonds is 9. The molecule has 1 atom stereocenters. The molecular weight excluding hydrogens is 483 g/mol. The van der Waals surface area contributed by atoms with Crippen molar-refractivity contribution in [2.24, 2.45) is 11.3 Å². The van der Waals surface area contributed by atoms with E-state index in [0.29, 0.717) is 29.4 Å². The van der Waals surface area contributed by atoms with Gasteiger partial charge in [0.05, 0.1) is 19.1 Å². The maximum atomic E-state index is 15.0. The van der Waals surface area contributed by atoms with Crippen molar-refractivity contribution in [3.05, 3.63) is 53.3 Å². The van der Waals surface area contributed by atoms with Crippen LogP contribution in [0.1, 0.15) is 69.4 Å². The van der Waals surface area contributed by atoms with Gasteiger partial charge in [-0.25, -0.2) is 4.39 Å². The van der Waals surface area contributed by atoms with Crippen LogP contribution in [0.25, 0.3) is 11.1 Å². The molecule has 0 bridgehead atoms. The Morgan fingerprint density at radius 3 is 2.55 bits per heavy atom. The first-order chi connectivity index (χ1) is 18.1. The van der Waals surface area contributed by atoms with Crippen molar-refractivity contribution in [2.45, 2.75) is 76.8 Å². The lowest BCUT2D eigenvalue weighted by molar-refractivity contribution is -0.136. The Kier molecular flexibility index (Phi) is 7.49. The third-order valence-corrected chi connectivity index (χ3v) is 8.57. The first kappa shape index (κ1) is 26.7. The van der Waals surface area contributed by atoms with E-state index in [0.717, 1.165) is 56.2 Å². The van der Waals surface area contributed by atoms with Gasteiger partial charge in [0.2, 0.25) is 5.91 Å². The molecule has 2 N–H and O–H groups in total. The predicted molar refractivity (Wildman–Crippen MR) is 145 cm³/mol. The van der Waals surface area contributed by atoms with Gasteiger partial charge in [-0.3, -0.25) is 14.5 Å². The van der Waals surface area contributed by atoms with E-state index in [1.54, 1.807) is 12.1 Å².